The second-order valence-corrected chi connectivity index (χ2v) is 6.71. The van der Waals surface area contributed by atoms with E-state index in [-0.39, 0.29) is 6.10 Å². The van der Waals surface area contributed by atoms with Gasteiger partial charge >= 0.3 is 0 Å². The quantitative estimate of drug-likeness (QED) is 0.870. The molecule has 0 radical (unpaired) electrons. The summed E-state index contributed by atoms with van der Waals surface area (Å²) < 4.78 is 29.2. The third-order valence-electron chi connectivity index (χ3n) is 4.90. The number of aliphatic hydroxyl groups is 1. The van der Waals surface area contributed by atoms with Crippen molar-refractivity contribution in [3.05, 3.63) is 71.8 Å². The highest BCUT2D eigenvalue weighted by molar-refractivity contribution is 5.17. The van der Waals surface area contributed by atoms with Crippen LogP contribution in [0, 0.1) is 0 Å². The molecule has 2 aliphatic heterocycles. The molecule has 2 aliphatic rings. The zero-order chi connectivity index (χ0) is 18.6. The van der Waals surface area contributed by atoms with Crippen LogP contribution in [0.2, 0.25) is 0 Å². The molecule has 6 nitrogen and oxygen atoms in total. The number of benzene rings is 2. The number of ether oxygens (including phenoxy) is 5. The minimum Gasteiger partial charge on any atom is -0.385 e. The maximum Gasteiger partial charge on any atom is 0.186 e. The van der Waals surface area contributed by atoms with Crippen LogP contribution >= 0.6 is 0 Å². The lowest BCUT2D eigenvalue weighted by Crippen LogP contribution is -2.62. The summed E-state index contributed by atoms with van der Waals surface area (Å²) in [5.41, 5.74) is 1.94. The van der Waals surface area contributed by atoms with Gasteiger partial charge in [0.15, 0.2) is 12.6 Å². The average Bonchev–Trinajstić information content (AvgIpc) is 2.74. The van der Waals surface area contributed by atoms with E-state index >= 15 is 0 Å². The number of hydrogen-bond donors (Lipinski definition) is 1. The molecule has 6 heteroatoms. The second-order valence-electron chi connectivity index (χ2n) is 6.71. The van der Waals surface area contributed by atoms with Crippen molar-refractivity contribution in [2.45, 2.75) is 43.6 Å². The van der Waals surface area contributed by atoms with Gasteiger partial charge in [0.1, 0.15) is 24.4 Å². The van der Waals surface area contributed by atoms with E-state index in [9.17, 15) is 5.11 Å². The third-order valence-corrected chi connectivity index (χ3v) is 4.90. The molecule has 0 amide bonds. The Morgan fingerprint density at radius 2 is 1.70 bits per heavy atom. The normalized spacial score (nSPS) is 33.4. The van der Waals surface area contributed by atoms with Gasteiger partial charge < -0.3 is 28.8 Å². The second kappa shape index (κ2) is 8.48. The Morgan fingerprint density at radius 1 is 1.00 bits per heavy atom. The van der Waals surface area contributed by atoms with Crippen LogP contribution in [0.15, 0.2) is 60.7 Å². The third kappa shape index (κ3) is 4.06. The molecule has 2 aromatic carbocycles. The average molecular weight is 372 g/mol. The minimum absolute atomic E-state index is 0.335. The van der Waals surface area contributed by atoms with Crippen molar-refractivity contribution in [3.63, 3.8) is 0 Å². The molecular formula is C21H24O6. The van der Waals surface area contributed by atoms with Crippen LogP contribution < -0.4 is 0 Å². The first-order valence-electron chi connectivity index (χ1n) is 9.10. The number of methoxy groups -OCH3 is 1. The van der Waals surface area contributed by atoms with Gasteiger partial charge in [0.25, 0.3) is 0 Å². The zero-order valence-corrected chi connectivity index (χ0v) is 15.1. The summed E-state index contributed by atoms with van der Waals surface area (Å²) in [5.74, 6) is 0. The first-order chi connectivity index (χ1) is 13.3. The van der Waals surface area contributed by atoms with Crippen LogP contribution in [0.3, 0.4) is 0 Å². The number of fused-ring (bicyclic) bond motifs is 1. The summed E-state index contributed by atoms with van der Waals surface area (Å²) in [5, 5.41) is 10.7. The highest BCUT2D eigenvalue weighted by Crippen LogP contribution is 2.35. The molecule has 0 unspecified atom stereocenters. The standard InChI is InChI=1S/C21H24O6/c1-23-21-17(22)19(24-12-14-8-4-2-5-9-14)18-16(26-21)13-25-20(27-18)15-10-6-3-7-11-15/h2-11,16-22H,12-13H2,1H3/t16-,17-,18-,19-,20+,21+/m1/s1. The molecule has 0 bridgehead atoms. The lowest BCUT2D eigenvalue weighted by Gasteiger charge is -2.47. The van der Waals surface area contributed by atoms with Crippen LogP contribution in [-0.2, 0) is 30.3 Å². The number of aliphatic hydroxyl groups excluding tert-OH is 1. The highest BCUT2D eigenvalue weighted by Gasteiger charge is 2.50. The molecular weight excluding hydrogens is 348 g/mol. The van der Waals surface area contributed by atoms with Crippen molar-refractivity contribution in [3.8, 4) is 0 Å². The van der Waals surface area contributed by atoms with Crippen LogP contribution in [0.4, 0.5) is 0 Å². The molecule has 2 heterocycles. The van der Waals surface area contributed by atoms with Crippen molar-refractivity contribution >= 4 is 0 Å². The van der Waals surface area contributed by atoms with Crippen LogP contribution in [0.1, 0.15) is 17.4 Å². The van der Waals surface area contributed by atoms with E-state index in [2.05, 4.69) is 0 Å². The fourth-order valence-corrected chi connectivity index (χ4v) is 3.49. The summed E-state index contributed by atoms with van der Waals surface area (Å²) in [6.07, 6.45) is -3.70. The molecule has 2 aromatic rings. The molecule has 27 heavy (non-hydrogen) atoms. The maximum absolute atomic E-state index is 10.7. The number of rotatable bonds is 5. The van der Waals surface area contributed by atoms with Crippen LogP contribution in [0.5, 0.6) is 0 Å². The van der Waals surface area contributed by atoms with Crippen molar-refractivity contribution in [2.75, 3.05) is 13.7 Å². The summed E-state index contributed by atoms with van der Waals surface area (Å²) in [7, 11) is 1.50. The van der Waals surface area contributed by atoms with Crippen molar-refractivity contribution in [2.24, 2.45) is 0 Å². The summed E-state index contributed by atoms with van der Waals surface area (Å²) in [4.78, 5) is 0. The Balaban J connectivity index is 1.51. The molecule has 0 aromatic heterocycles. The number of hydrogen-bond acceptors (Lipinski definition) is 6. The largest absolute Gasteiger partial charge is 0.385 e. The van der Waals surface area contributed by atoms with Crippen molar-refractivity contribution in [1.82, 2.24) is 0 Å². The monoisotopic (exact) mass is 372 g/mol. The Bertz CT molecular complexity index is 709. The Hall–Kier alpha value is -1.80. The van der Waals surface area contributed by atoms with Gasteiger partial charge in [-0.25, -0.2) is 0 Å². The van der Waals surface area contributed by atoms with Gasteiger partial charge in [0.2, 0.25) is 0 Å². The van der Waals surface area contributed by atoms with Gasteiger partial charge in [-0.15, -0.1) is 0 Å². The zero-order valence-electron chi connectivity index (χ0n) is 15.1. The lowest BCUT2D eigenvalue weighted by atomic mass is 9.97. The predicted molar refractivity (Wildman–Crippen MR) is 96.7 cm³/mol. The van der Waals surface area contributed by atoms with E-state index in [0.717, 1.165) is 11.1 Å². The van der Waals surface area contributed by atoms with Crippen molar-refractivity contribution < 1.29 is 28.8 Å². The molecule has 0 aliphatic carbocycles. The lowest BCUT2D eigenvalue weighted by molar-refractivity contribution is -0.363. The molecule has 0 saturated carbocycles. The van der Waals surface area contributed by atoms with Gasteiger partial charge in [0.05, 0.1) is 13.2 Å². The Kier molecular flexibility index (Phi) is 5.83. The van der Waals surface area contributed by atoms with Crippen molar-refractivity contribution in [1.29, 1.82) is 0 Å². The topological polar surface area (TPSA) is 66.4 Å². The van der Waals surface area contributed by atoms with Gasteiger partial charge in [-0.2, -0.15) is 0 Å². The smallest absolute Gasteiger partial charge is 0.186 e. The molecule has 4 rings (SSSR count). The van der Waals surface area contributed by atoms with E-state index in [4.69, 9.17) is 23.7 Å². The van der Waals surface area contributed by atoms with Crippen LogP contribution in [-0.4, -0.2) is 49.5 Å². The predicted octanol–water partition coefficient (Wildman–Crippen LogP) is 2.42. The minimum atomic E-state index is -0.963. The fourth-order valence-electron chi connectivity index (χ4n) is 3.49. The van der Waals surface area contributed by atoms with E-state index in [1.54, 1.807) is 0 Å². The molecule has 144 valence electrons. The summed E-state index contributed by atoms with van der Waals surface area (Å²) >= 11 is 0. The molecule has 2 saturated heterocycles. The van der Waals surface area contributed by atoms with Gasteiger partial charge in [-0.1, -0.05) is 60.7 Å². The fraction of sp³-hybridized carbons (Fsp3) is 0.429. The SMILES string of the molecule is CO[C@H]1O[C@@H]2CO[C@H](c3ccccc3)O[C@H]2[C@H](OCc2ccccc2)[C@H]1O. The van der Waals surface area contributed by atoms with Gasteiger partial charge in [0, 0.05) is 12.7 Å². The van der Waals surface area contributed by atoms with E-state index in [0.29, 0.717) is 13.2 Å². The summed E-state index contributed by atoms with van der Waals surface area (Å²) in [6, 6.07) is 19.5. The van der Waals surface area contributed by atoms with Gasteiger partial charge in [-0.05, 0) is 5.56 Å². The van der Waals surface area contributed by atoms with Crippen LogP contribution in [0.25, 0.3) is 0 Å². The highest BCUT2D eigenvalue weighted by atomic mass is 16.8. The van der Waals surface area contributed by atoms with Gasteiger partial charge in [-0.3, -0.25) is 0 Å². The van der Waals surface area contributed by atoms with E-state index in [1.165, 1.54) is 7.11 Å². The molecule has 6 atom stereocenters. The Labute approximate surface area is 158 Å². The first-order valence-corrected chi connectivity index (χ1v) is 9.10. The summed E-state index contributed by atoms with van der Waals surface area (Å²) in [6.45, 7) is 0.699. The molecule has 0 spiro atoms. The maximum atomic E-state index is 10.7. The molecule has 2 fully saturated rings. The first kappa shape index (κ1) is 18.6. The van der Waals surface area contributed by atoms with E-state index in [1.807, 2.05) is 60.7 Å². The molecule has 1 N–H and O–H groups in total. The van der Waals surface area contributed by atoms with E-state index < -0.39 is 30.9 Å². The Morgan fingerprint density at radius 3 is 2.41 bits per heavy atom.